The van der Waals surface area contributed by atoms with E-state index < -0.39 is 151 Å². The molecule has 71 heavy (non-hydrogen) atoms. The first-order valence-corrected chi connectivity index (χ1v) is 23.6. The number of rotatable bonds is 25. The minimum Gasteiger partial charge on any atom is -0.479 e. The van der Waals surface area contributed by atoms with Crippen molar-refractivity contribution >= 4 is 29.8 Å². The van der Waals surface area contributed by atoms with Gasteiger partial charge in [-0.15, -0.1) is 0 Å². The zero-order valence-electron chi connectivity index (χ0n) is 40.5. The molecule has 0 aromatic carbocycles. The summed E-state index contributed by atoms with van der Waals surface area (Å²) in [7, 11) is 6.38. The number of aliphatic hydroxyl groups is 5. The van der Waals surface area contributed by atoms with Gasteiger partial charge in [0, 0.05) is 43.8 Å². The van der Waals surface area contributed by atoms with Gasteiger partial charge in [-0.2, -0.15) is 0 Å². The number of methoxy groups -OCH3 is 5. The molecule has 5 saturated heterocycles. The monoisotopic (exact) mass is 1030 g/mol. The van der Waals surface area contributed by atoms with Gasteiger partial charge < -0.3 is 102 Å². The van der Waals surface area contributed by atoms with Crippen LogP contribution >= 0.6 is 0 Å². The van der Waals surface area contributed by atoms with Crippen LogP contribution in [0.25, 0.3) is 0 Å². The second-order valence-electron chi connectivity index (χ2n) is 18.6. The molecular formula is C45H72O26. The molecule has 0 aliphatic carbocycles. The molecule has 11 unspecified atom stereocenters. The Morgan fingerprint density at radius 2 is 0.577 bits per heavy atom. The third-order valence-electron chi connectivity index (χ3n) is 13.6. The number of aliphatic hydroxyl groups excluding tert-OH is 5. The summed E-state index contributed by atoms with van der Waals surface area (Å²) < 4.78 is 77.1. The molecule has 5 aliphatic rings. The molecule has 5 aliphatic heterocycles. The summed E-state index contributed by atoms with van der Waals surface area (Å²) >= 11 is 0. The van der Waals surface area contributed by atoms with Crippen LogP contribution in [0, 0.1) is 29.6 Å². The molecule has 0 bridgehead atoms. The van der Waals surface area contributed by atoms with Crippen LogP contribution in [0.2, 0.25) is 0 Å². The highest BCUT2D eigenvalue weighted by Crippen LogP contribution is 2.33. The highest BCUT2D eigenvalue weighted by Gasteiger charge is 2.48. The molecule has 0 spiro atoms. The number of hydrogen-bond acceptors (Lipinski definition) is 24. The first-order valence-electron chi connectivity index (χ1n) is 23.6. The molecule has 0 amide bonds. The first-order chi connectivity index (χ1) is 33.9. The number of hydrogen-bond donors (Lipinski definition) is 7. The fourth-order valence-corrected chi connectivity index (χ4v) is 9.74. The van der Waals surface area contributed by atoms with E-state index in [2.05, 4.69) is 0 Å². The molecule has 0 saturated carbocycles. The lowest BCUT2D eigenvalue weighted by atomic mass is 9.89. The van der Waals surface area contributed by atoms with Gasteiger partial charge in [-0.1, -0.05) is 0 Å². The molecule has 0 aromatic rings. The van der Waals surface area contributed by atoms with Gasteiger partial charge in [0.25, 0.3) is 0 Å². The van der Waals surface area contributed by atoms with E-state index in [0.29, 0.717) is 0 Å². The Kier molecular flexibility index (Phi) is 23.4. The maximum absolute atomic E-state index is 12.9. The fraction of sp³-hybridized carbons (Fsp3) is 0.889. The van der Waals surface area contributed by atoms with Crippen molar-refractivity contribution in [2.45, 2.75) is 124 Å². The number of esters is 3. The number of carbonyl (C=O) groups is 5. The van der Waals surface area contributed by atoms with Crippen molar-refractivity contribution in [1.82, 2.24) is 0 Å². The number of carboxylic acid groups (broad SMARTS) is 2. The Morgan fingerprint density at radius 1 is 0.352 bits per heavy atom. The fourth-order valence-electron chi connectivity index (χ4n) is 9.74. The van der Waals surface area contributed by atoms with E-state index in [9.17, 15) is 59.7 Å². The molecular weight excluding hydrogens is 956 g/mol. The Bertz CT molecular complexity index is 1690. The van der Waals surface area contributed by atoms with Crippen LogP contribution < -0.4 is 0 Å². The molecule has 5 rings (SSSR count). The molecule has 0 radical (unpaired) electrons. The summed E-state index contributed by atoms with van der Waals surface area (Å²) in [5, 5.41) is 74.0. The maximum Gasteiger partial charge on any atom is 0.335 e. The Labute approximate surface area is 410 Å². The van der Waals surface area contributed by atoms with Crippen molar-refractivity contribution in [1.29, 1.82) is 0 Å². The van der Waals surface area contributed by atoms with Crippen LogP contribution in [-0.2, 0) is 90.3 Å². The Balaban J connectivity index is 1.07. The van der Waals surface area contributed by atoms with E-state index in [1.165, 1.54) is 21.3 Å². The molecule has 5 heterocycles. The van der Waals surface area contributed by atoms with Gasteiger partial charge in [-0.25, -0.2) is 24.0 Å². The number of carboxylic acids is 2. The standard InChI is InChI=1S/C45H72O26/c1-58-11-21-6-27(47)33(69-38(21)43(55)60-3)18-64-13-23-8-28(48)32(68-37(23)42(53)54)17-65-14-24-9-30(50)35(71-39(24)44(56)61-4)20-66-15-25-10-29(49)34(70-40(25)45(57)62-5)19-63-12-22-7-26(46)31(16-59-2)67-36(22)41(51)52/h21-40,46-50H,6-20H2,1-5H3,(H,51,52)(H,53,54)/t21-,22-,23-,24-,25-,26-,27-,28-,29?,30-,31?,32?,33?,34?,35?,36?,37?,38?,39?,40?/m0/s1. The minimum absolute atomic E-state index is 0.000667. The molecule has 26 nitrogen and oxygen atoms in total. The van der Waals surface area contributed by atoms with E-state index in [4.69, 9.17) is 66.3 Å². The van der Waals surface area contributed by atoms with Crippen LogP contribution in [-0.4, -0.2) is 259 Å². The van der Waals surface area contributed by atoms with E-state index in [1.54, 1.807) is 0 Å². The highest BCUT2D eigenvalue weighted by molar-refractivity contribution is 5.76. The van der Waals surface area contributed by atoms with E-state index >= 15 is 0 Å². The second-order valence-corrected chi connectivity index (χ2v) is 18.6. The highest BCUT2D eigenvalue weighted by atomic mass is 16.6. The zero-order valence-corrected chi connectivity index (χ0v) is 40.5. The van der Waals surface area contributed by atoms with Gasteiger partial charge in [-0.05, 0) is 32.1 Å². The summed E-state index contributed by atoms with van der Waals surface area (Å²) in [4.78, 5) is 62.3. The second kappa shape index (κ2) is 28.4. The number of ether oxygens (including phenoxy) is 14. The molecule has 5 fully saturated rings. The molecule has 7 N–H and O–H groups in total. The largest absolute Gasteiger partial charge is 0.479 e. The van der Waals surface area contributed by atoms with E-state index in [1.807, 2.05) is 0 Å². The van der Waals surface area contributed by atoms with Crippen molar-refractivity contribution in [3.63, 3.8) is 0 Å². The van der Waals surface area contributed by atoms with Gasteiger partial charge in [0.2, 0.25) is 0 Å². The number of aliphatic carboxylic acids is 2. The Morgan fingerprint density at radius 3 is 0.817 bits per heavy atom. The molecule has 26 heteroatoms. The van der Waals surface area contributed by atoms with E-state index in [0.717, 1.165) is 14.2 Å². The summed E-state index contributed by atoms with van der Waals surface area (Å²) in [6.07, 6.45) is -16.5. The van der Waals surface area contributed by atoms with Gasteiger partial charge in [0.1, 0.15) is 30.5 Å². The lowest BCUT2D eigenvalue weighted by Gasteiger charge is -2.40. The third kappa shape index (κ3) is 15.9. The number of carbonyl (C=O) groups excluding carboxylic acids is 3. The average molecular weight is 1030 g/mol. The molecule has 408 valence electrons. The lowest BCUT2D eigenvalue weighted by molar-refractivity contribution is -0.215. The minimum atomic E-state index is -1.42. The van der Waals surface area contributed by atoms with Crippen molar-refractivity contribution < 1.29 is 126 Å². The topological polar surface area (TPSA) is 356 Å². The molecule has 0 aromatic heterocycles. The van der Waals surface area contributed by atoms with Crippen LogP contribution in [0.4, 0.5) is 0 Å². The lowest BCUT2D eigenvalue weighted by Crippen LogP contribution is -2.53. The predicted octanol–water partition coefficient (Wildman–Crippen LogP) is -3.29. The smallest absolute Gasteiger partial charge is 0.335 e. The predicted molar refractivity (Wildman–Crippen MR) is 232 cm³/mol. The summed E-state index contributed by atoms with van der Waals surface area (Å²) in [5.41, 5.74) is 0. The van der Waals surface area contributed by atoms with Gasteiger partial charge >= 0.3 is 29.8 Å². The SMILES string of the molecule is COCC1OC(C(=O)O)[C@H](COCC2OC(C(=O)OC)[C@H](COCC3OC(C(=O)OC)[C@H](COCC4OC(C(=O)O)[C@H](COCC5OC(C(=O)OC)[C@H](COC)C[C@@H]5O)C[C@@H]4O)C[C@@H]3O)CC2O)C[C@@H]1O. The summed E-state index contributed by atoms with van der Waals surface area (Å²) in [5.74, 6) is -8.25. The van der Waals surface area contributed by atoms with Crippen LogP contribution in [0.1, 0.15) is 32.1 Å². The van der Waals surface area contributed by atoms with E-state index in [-0.39, 0.29) is 98.2 Å². The van der Waals surface area contributed by atoms with Gasteiger partial charge in [-0.3, -0.25) is 0 Å². The quantitative estimate of drug-likeness (QED) is 0.0348. The van der Waals surface area contributed by atoms with Crippen molar-refractivity contribution in [3.05, 3.63) is 0 Å². The van der Waals surface area contributed by atoms with Gasteiger partial charge in [0.05, 0.1) is 118 Å². The van der Waals surface area contributed by atoms with Crippen molar-refractivity contribution in [2.24, 2.45) is 29.6 Å². The van der Waals surface area contributed by atoms with Crippen molar-refractivity contribution in [3.8, 4) is 0 Å². The Hall–Kier alpha value is -3.29. The van der Waals surface area contributed by atoms with Crippen LogP contribution in [0.5, 0.6) is 0 Å². The normalized spacial score (nSPS) is 38.7. The maximum atomic E-state index is 12.9. The van der Waals surface area contributed by atoms with Gasteiger partial charge in [0.15, 0.2) is 30.5 Å². The van der Waals surface area contributed by atoms with Crippen LogP contribution in [0.15, 0.2) is 0 Å². The summed E-state index contributed by atoms with van der Waals surface area (Å²) in [6.45, 7) is -1.57. The van der Waals surface area contributed by atoms with Crippen molar-refractivity contribution in [2.75, 3.05) is 102 Å². The first kappa shape index (κ1) is 58.6. The summed E-state index contributed by atoms with van der Waals surface area (Å²) in [6, 6.07) is 0. The average Bonchev–Trinajstić information content (AvgIpc) is 3.33. The van der Waals surface area contributed by atoms with Crippen LogP contribution in [0.3, 0.4) is 0 Å². The third-order valence-corrected chi connectivity index (χ3v) is 13.6. The molecule has 20 atom stereocenters. The zero-order chi connectivity index (χ0) is 51.9.